The topological polar surface area (TPSA) is 104 Å². The predicted molar refractivity (Wildman–Crippen MR) is 93.9 cm³/mol. The van der Waals surface area contributed by atoms with Crippen LogP contribution in [0.3, 0.4) is 0 Å². The number of rotatable bonds is 8. The highest BCUT2D eigenvalue weighted by molar-refractivity contribution is 7.91. The maximum Gasteiger partial charge on any atom is 0.178 e. The van der Waals surface area contributed by atoms with E-state index in [4.69, 9.17) is 9.84 Å². The maximum absolute atomic E-state index is 12.7. The van der Waals surface area contributed by atoms with Crippen LogP contribution in [0.15, 0.2) is 41.8 Å². The van der Waals surface area contributed by atoms with Gasteiger partial charge in [-0.2, -0.15) is 0 Å². The molecule has 0 saturated carbocycles. The Hall–Kier alpha value is -1.25. The van der Waals surface area contributed by atoms with E-state index in [0.29, 0.717) is 6.42 Å². The molecule has 1 aromatic rings. The number of aliphatic hydroxyl groups excluding tert-OH is 3. The Kier molecular flexibility index (Phi) is 6.76. The lowest BCUT2D eigenvalue weighted by Gasteiger charge is -2.20. The van der Waals surface area contributed by atoms with Crippen molar-refractivity contribution in [1.29, 1.82) is 0 Å². The molecule has 6 nitrogen and oxygen atoms in total. The minimum atomic E-state index is -3.59. The lowest BCUT2D eigenvalue weighted by molar-refractivity contribution is -0.0289. The van der Waals surface area contributed by atoms with E-state index in [0.717, 1.165) is 5.56 Å². The fourth-order valence-corrected chi connectivity index (χ4v) is 4.80. The van der Waals surface area contributed by atoms with Crippen LogP contribution in [-0.2, 0) is 14.6 Å². The molecule has 0 bridgehead atoms. The van der Waals surface area contributed by atoms with Gasteiger partial charge in [0.25, 0.3) is 0 Å². The van der Waals surface area contributed by atoms with Crippen LogP contribution in [0.1, 0.15) is 18.4 Å². The molecule has 2 rings (SSSR count). The first-order valence-corrected chi connectivity index (χ1v) is 9.96. The van der Waals surface area contributed by atoms with E-state index in [1.165, 1.54) is 0 Å². The smallest absolute Gasteiger partial charge is 0.178 e. The van der Waals surface area contributed by atoms with Gasteiger partial charge in [0.05, 0.1) is 41.7 Å². The number of benzene rings is 1. The Morgan fingerprint density at radius 1 is 1.28 bits per heavy atom. The summed E-state index contributed by atoms with van der Waals surface area (Å²) in [7, 11) is -3.59. The minimum Gasteiger partial charge on any atom is -0.394 e. The summed E-state index contributed by atoms with van der Waals surface area (Å²) in [5.41, 5.74) is 0.964. The van der Waals surface area contributed by atoms with E-state index < -0.39 is 46.8 Å². The number of sulfone groups is 1. The third-order valence-corrected chi connectivity index (χ3v) is 6.37. The molecule has 1 saturated heterocycles. The molecule has 140 valence electrons. The highest BCUT2D eigenvalue weighted by atomic mass is 32.2. The van der Waals surface area contributed by atoms with Crippen LogP contribution < -0.4 is 0 Å². The molecule has 0 spiro atoms. The van der Waals surface area contributed by atoms with Gasteiger partial charge in [0, 0.05) is 12.3 Å². The summed E-state index contributed by atoms with van der Waals surface area (Å²) in [6.07, 6.45) is -1.20. The predicted octanol–water partition coefficient (Wildman–Crippen LogP) is 0.833. The fourth-order valence-electron chi connectivity index (χ4n) is 3.13. The normalized spacial score (nSPS) is 28.0. The molecule has 25 heavy (non-hydrogen) atoms. The molecule has 0 aromatic heterocycles. The Balaban J connectivity index is 2.19. The quantitative estimate of drug-likeness (QED) is 0.586. The standard InChI is InChI=1S/C18H26O6S/c1-3-4-16-15(18(21)17(24-16)9-13(20)10-19)11-25(22,23)14-7-5-12(2)6-8-14/h3,5-8,13,15-21H,1,4,9-11H2,2H3/t13-,15-,16-,17+,18+/m0/s1. The van der Waals surface area contributed by atoms with Crippen molar-refractivity contribution in [3.05, 3.63) is 42.5 Å². The van der Waals surface area contributed by atoms with Crippen LogP contribution in [-0.4, -0.2) is 60.5 Å². The van der Waals surface area contributed by atoms with E-state index in [2.05, 4.69) is 6.58 Å². The zero-order valence-corrected chi connectivity index (χ0v) is 15.1. The molecular formula is C18H26O6S. The second-order valence-electron chi connectivity index (χ2n) is 6.56. The summed E-state index contributed by atoms with van der Waals surface area (Å²) in [5, 5.41) is 29.1. The van der Waals surface area contributed by atoms with E-state index in [-0.39, 0.29) is 17.1 Å². The largest absolute Gasteiger partial charge is 0.394 e. The summed E-state index contributed by atoms with van der Waals surface area (Å²) >= 11 is 0. The number of hydrogen-bond donors (Lipinski definition) is 3. The van der Waals surface area contributed by atoms with Gasteiger partial charge in [-0.3, -0.25) is 0 Å². The van der Waals surface area contributed by atoms with Crippen molar-refractivity contribution in [2.45, 2.75) is 49.1 Å². The Bertz CT molecular complexity index is 669. The van der Waals surface area contributed by atoms with Crippen LogP contribution in [0.5, 0.6) is 0 Å². The minimum absolute atomic E-state index is 0.0480. The van der Waals surface area contributed by atoms with Gasteiger partial charge >= 0.3 is 0 Å². The van der Waals surface area contributed by atoms with Gasteiger partial charge < -0.3 is 20.1 Å². The van der Waals surface area contributed by atoms with E-state index >= 15 is 0 Å². The molecule has 1 aliphatic rings. The maximum atomic E-state index is 12.7. The molecule has 1 aliphatic heterocycles. The number of ether oxygens (including phenoxy) is 1. The van der Waals surface area contributed by atoms with Gasteiger partial charge in [-0.1, -0.05) is 23.8 Å². The summed E-state index contributed by atoms with van der Waals surface area (Å²) in [6.45, 7) is 5.09. The summed E-state index contributed by atoms with van der Waals surface area (Å²) < 4.78 is 31.1. The molecule has 7 heteroatoms. The van der Waals surface area contributed by atoms with Crippen molar-refractivity contribution in [1.82, 2.24) is 0 Å². The number of hydrogen-bond acceptors (Lipinski definition) is 6. The Morgan fingerprint density at radius 3 is 2.48 bits per heavy atom. The van der Waals surface area contributed by atoms with Gasteiger partial charge in [-0.05, 0) is 25.5 Å². The number of aliphatic hydroxyl groups is 3. The monoisotopic (exact) mass is 370 g/mol. The lowest BCUT2D eigenvalue weighted by atomic mass is 9.94. The molecule has 1 heterocycles. The molecule has 0 amide bonds. The molecule has 3 N–H and O–H groups in total. The average Bonchev–Trinajstić information content (AvgIpc) is 2.84. The van der Waals surface area contributed by atoms with Crippen molar-refractivity contribution in [2.24, 2.45) is 5.92 Å². The van der Waals surface area contributed by atoms with Gasteiger partial charge in [0.2, 0.25) is 0 Å². The lowest BCUT2D eigenvalue weighted by Crippen LogP contribution is -2.35. The van der Waals surface area contributed by atoms with Crippen molar-refractivity contribution in [2.75, 3.05) is 12.4 Å². The van der Waals surface area contributed by atoms with Gasteiger partial charge in [-0.15, -0.1) is 6.58 Å². The zero-order chi connectivity index (χ0) is 18.6. The van der Waals surface area contributed by atoms with Crippen molar-refractivity contribution in [3.63, 3.8) is 0 Å². The molecule has 0 radical (unpaired) electrons. The highest BCUT2D eigenvalue weighted by Gasteiger charge is 2.45. The third kappa shape index (κ3) is 4.89. The second kappa shape index (κ2) is 8.42. The summed E-state index contributed by atoms with van der Waals surface area (Å²) in [6, 6.07) is 6.58. The van der Waals surface area contributed by atoms with Crippen LogP contribution >= 0.6 is 0 Å². The molecule has 1 fully saturated rings. The number of aryl methyl sites for hydroxylation is 1. The van der Waals surface area contributed by atoms with Gasteiger partial charge in [-0.25, -0.2) is 8.42 Å². The van der Waals surface area contributed by atoms with Crippen molar-refractivity contribution < 1.29 is 28.5 Å². The van der Waals surface area contributed by atoms with Gasteiger partial charge in [0.1, 0.15) is 0 Å². The van der Waals surface area contributed by atoms with Gasteiger partial charge in [0.15, 0.2) is 9.84 Å². The zero-order valence-electron chi connectivity index (χ0n) is 14.3. The fraction of sp³-hybridized carbons (Fsp3) is 0.556. The van der Waals surface area contributed by atoms with Crippen LogP contribution in [0.2, 0.25) is 0 Å². The Morgan fingerprint density at radius 2 is 1.92 bits per heavy atom. The van der Waals surface area contributed by atoms with Crippen molar-refractivity contribution in [3.8, 4) is 0 Å². The molecule has 5 atom stereocenters. The molecule has 0 aliphatic carbocycles. The Labute approximate surface area is 148 Å². The first kappa shape index (κ1) is 20.1. The summed E-state index contributed by atoms with van der Waals surface area (Å²) in [5.74, 6) is -0.873. The van der Waals surface area contributed by atoms with E-state index in [1.807, 2.05) is 6.92 Å². The van der Waals surface area contributed by atoms with Crippen LogP contribution in [0, 0.1) is 12.8 Å². The summed E-state index contributed by atoms with van der Waals surface area (Å²) in [4.78, 5) is 0.210. The molecular weight excluding hydrogens is 344 g/mol. The molecule has 0 unspecified atom stereocenters. The highest BCUT2D eigenvalue weighted by Crippen LogP contribution is 2.34. The first-order valence-electron chi connectivity index (χ1n) is 8.31. The first-order chi connectivity index (χ1) is 11.8. The SMILES string of the molecule is C=CC[C@@H]1O[C@H](C[C@H](O)CO)[C@H](O)[C@H]1CS(=O)(=O)c1ccc(C)cc1. The van der Waals surface area contributed by atoms with E-state index in [1.54, 1.807) is 30.3 Å². The van der Waals surface area contributed by atoms with Crippen LogP contribution in [0.4, 0.5) is 0 Å². The van der Waals surface area contributed by atoms with E-state index in [9.17, 15) is 18.6 Å². The van der Waals surface area contributed by atoms with Crippen molar-refractivity contribution >= 4 is 9.84 Å². The van der Waals surface area contributed by atoms with Crippen LogP contribution in [0.25, 0.3) is 0 Å². The average molecular weight is 370 g/mol. The second-order valence-corrected chi connectivity index (χ2v) is 8.59. The third-order valence-electron chi connectivity index (χ3n) is 4.55. The molecule has 1 aromatic carbocycles.